The molecule has 2 nitrogen and oxygen atoms in total. The Kier molecular flexibility index (Phi) is 3.12. The predicted octanol–water partition coefficient (Wildman–Crippen LogP) is 3.06. The second kappa shape index (κ2) is 4.01. The van der Waals surface area contributed by atoms with Crippen LogP contribution in [-0.2, 0) is 0 Å². The molecule has 0 saturated heterocycles. The van der Waals surface area contributed by atoms with Crippen molar-refractivity contribution in [1.29, 1.82) is 0 Å². The summed E-state index contributed by atoms with van der Waals surface area (Å²) in [7, 11) is 1.38. The summed E-state index contributed by atoms with van der Waals surface area (Å²) in [5, 5.41) is 0. The Hall–Kier alpha value is -1.38. The van der Waals surface area contributed by atoms with Gasteiger partial charge in [0.05, 0.1) is 12.7 Å². The summed E-state index contributed by atoms with van der Waals surface area (Å²) in [6.07, 6.45) is 0. The van der Waals surface area contributed by atoms with Crippen LogP contribution in [0.25, 0.3) is 0 Å². The molecule has 0 bridgehead atoms. The molecule has 0 aliphatic rings. The molecule has 15 heavy (non-hydrogen) atoms. The maximum atomic E-state index is 13.7. The highest BCUT2D eigenvalue weighted by atomic mass is 19.1. The molecule has 1 aromatic rings. The fraction of sp³-hybridized carbons (Fsp3) is 0.417. The highest BCUT2D eigenvalue weighted by Gasteiger charge is 2.26. The topological polar surface area (TPSA) is 26.3 Å². The van der Waals surface area contributed by atoms with Crippen molar-refractivity contribution in [3.63, 3.8) is 0 Å². The Labute approximate surface area is 89.1 Å². The average molecular weight is 210 g/mol. The van der Waals surface area contributed by atoms with Gasteiger partial charge in [-0.1, -0.05) is 26.8 Å². The molecule has 0 atom stereocenters. The van der Waals surface area contributed by atoms with Crippen LogP contribution in [0.1, 0.15) is 31.1 Å². The van der Waals surface area contributed by atoms with Gasteiger partial charge in [-0.05, 0) is 12.1 Å². The molecule has 0 amide bonds. The Morgan fingerprint density at radius 2 is 1.93 bits per heavy atom. The Balaban J connectivity index is 3.22. The standard InChI is InChI=1S/C12H15FO2/c1-12(2,3)11(14)8-6-5-7-9(15-4)10(8)13/h5-7H,1-4H3. The van der Waals surface area contributed by atoms with Crippen molar-refractivity contribution >= 4 is 5.78 Å². The van der Waals surface area contributed by atoms with E-state index in [1.807, 2.05) is 0 Å². The average Bonchev–Trinajstić information content (AvgIpc) is 2.16. The number of Topliss-reactive ketones (excluding diaryl/α,β-unsaturated/α-hetero) is 1. The molecule has 0 fully saturated rings. The quantitative estimate of drug-likeness (QED) is 0.701. The fourth-order valence-corrected chi connectivity index (χ4v) is 1.25. The van der Waals surface area contributed by atoms with Crippen LogP contribution in [0.4, 0.5) is 4.39 Å². The van der Waals surface area contributed by atoms with E-state index >= 15 is 0 Å². The lowest BCUT2D eigenvalue weighted by Gasteiger charge is -2.17. The first kappa shape index (κ1) is 11.7. The zero-order valence-corrected chi connectivity index (χ0v) is 9.43. The minimum Gasteiger partial charge on any atom is -0.494 e. The molecule has 0 spiro atoms. The summed E-state index contributed by atoms with van der Waals surface area (Å²) in [4.78, 5) is 11.9. The van der Waals surface area contributed by atoms with E-state index in [0.29, 0.717) is 0 Å². The van der Waals surface area contributed by atoms with Crippen LogP contribution >= 0.6 is 0 Å². The molecule has 0 saturated carbocycles. The van der Waals surface area contributed by atoms with Gasteiger partial charge in [0.25, 0.3) is 0 Å². The van der Waals surface area contributed by atoms with Crippen molar-refractivity contribution in [2.24, 2.45) is 5.41 Å². The number of methoxy groups -OCH3 is 1. The molecule has 0 heterocycles. The monoisotopic (exact) mass is 210 g/mol. The first-order valence-electron chi connectivity index (χ1n) is 4.75. The van der Waals surface area contributed by atoms with Gasteiger partial charge in [-0.15, -0.1) is 0 Å². The second-order valence-corrected chi connectivity index (χ2v) is 4.40. The van der Waals surface area contributed by atoms with E-state index < -0.39 is 11.2 Å². The SMILES string of the molecule is COc1cccc(C(=O)C(C)(C)C)c1F. The molecule has 0 unspecified atom stereocenters. The molecule has 3 heteroatoms. The van der Waals surface area contributed by atoms with Crippen LogP contribution in [0.3, 0.4) is 0 Å². The molecular formula is C12H15FO2. The molecule has 1 aromatic carbocycles. The highest BCUT2D eigenvalue weighted by Crippen LogP contribution is 2.26. The number of carbonyl (C=O) groups excluding carboxylic acids is 1. The molecule has 82 valence electrons. The smallest absolute Gasteiger partial charge is 0.175 e. The van der Waals surface area contributed by atoms with Gasteiger partial charge in [0.2, 0.25) is 0 Å². The Bertz CT molecular complexity index is 378. The van der Waals surface area contributed by atoms with E-state index in [-0.39, 0.29) is 17.1 Å². The zero-order valence-electron chi connectivity index (χ0n) is 9.43. The highest BCUT2D eigenvalue weighted by molar-refractivity contribution is 6.00. The van der Waals surface area contributed by atoms with Crippen molar-refractivity contribution in [2.45, 2.75) is 20.8 Å². The third-order valence-electron chi connectivity index (χ3n) is 2.11. The number of hydrogen-bond donors (Lipinski definition) is 0. The maximum absolute atomic E-state index is 13.7. The number of rotatable bonds is 2. The molecular weight excluding hydrogens is 195 g/mol. The molecule has 1 rings (SSSR count). The Morgan fingerprint density at radius 3 is 2.40 bits per heavy atom. The van der Waals surface area contributed by atoms with Crippen LogP contribution in [-0.4, -0.2) is 12.9 Å². The van der Waals surface area contributed by atoms with Gasteiger partial charge in [-0.3, -0.25) is 4.79 Å². The van der Waals surface area contributed by atoms with Gasteiger partial charge >= 0.3 is 0 Å². The van der Waals surface area contributed by atoms with Crippen molar-refractivity contribution < 1.29 is 13.9 Å². The number of ether oxygens (including phenoxy) is 1. The van der Waals surface area contributed by atoms with Crippen molar-refractivity contribution in [2.75, 3.05) is 7.11 Å². The number of benzene rings is 1. The van der Waals surface area contributed by atoms with Gasteiger partial charge in [0, 0.05) is 5.41 Å². The zero-order chi connectivity index (χ0) is 11.6. The van der Waals surface area contributed by atoms with Gasteiger partial charge in [0.1, 0.15) is 0 Å². The lowest BCUT2D eigenvalue weighted by Crippen LogP contribution is -2.21. The minimum absolute atomic E-state index is 0.0850. The first-order valence-corrected chi connectivity index (χ1v) is 4.75. The van der Waals surface area contributed by atoms with Crippen LogP contribution < -0.4 is 4.74 Å². The normalized spacial score (nSPS) is 11.3. The number of ketones is 1. The molecule has 0 aromatic heterocycles. The first-order chi connectivity index (χ1) is 6.88. The van der Waals surface area contributed by atoms with Crippen molar-refractivity contribution in [1.82, 2.24) is 0 Å². The Morgan fingerprint density at radius 1 is 1.33 bits per heavy atom. The van der Waals surface area contributed by atoms with E-state index in [0.717, 1.165) is 0 Å². The molecule has 0 aliphatic heterocycles. The minimum atomic E-state index is -0.590. The van der Waals surface area contributed by atoms with Crippen LogP contribution in [0.5, 0.6) is 5.75 Å². The molecule has 0 aliphatic carbocycles. The fourth-order valence-electron chi connectivity index (χ4n) is 1.25. The number of halogens is 1. The van der Waals surface area contributed by atoms with E-state index in [4.69, 9.17) is 4.74 Å². The maximum Gasteiger partial charge on any atom is 0.175 e. The van der Waals surface area contributed by atoms with Gasteiger partial charge in [-0.2, -0.15) is 0 Å². The van der Waals surface area contributed by atoms with E-state index in [1.165, 1.54) is 19.2 Å². The third kappa shape index (κ3) is 2.35. The van der Waals surface area contributed by atoms with Crippen molar-refractivity contribution in [3.05, 3.63) is 29.6 Å². The van der Waals surface area contributed by atoms with Crippen LogP contribution in [0, 0.1) is 11.2 Å². The summed E-state index contributed by atoms with van der Waals surface area (Å²) in [6, 6.07) is 4.58. The van der Waals surface area contributed by atoms with Gasteiger partial charge < -0.3 is 4.74 Å². The lowest BCUT2D eigenvalue weighted by atomic mass is 9.86. The second-order valence-electron chi connectivity index (χ2n) is 4.40. The predicted molar refractivity (Wildman–Crippen MR) is 56.7 cm³/mol. The van der Waals surface area contributed by atoms with E-state index in [9.17, 15) is 9.18 Å². The van der Waals surface area contributed by atoms with Gasteiger partial charge in [0.15, 0.2) is 17.3 Å². The van der Waals surface area contributed by atoms with Crippen molar-refractivity contribution in [3.8, 4) is 5.75 Å². The summed E-state index contributed by atoms with van der Waals surface area (Å²) in [6.45, 7) is 5.27. The van der Waals surface area contributed by atoms with Crippen LogP contribution in [0.2, 0.25) is 0 Å². The molecule has 0 N–H and O–H groups in total. The lowest BCUT2D eigenvalue weighted by molar-refractivity contribution is 0.0853. The van der Waals surface area contributed by atoms with Crippen LogP contribution in [0.15, 0.2) is 18.2 Å². The number of hydrogen-bond acceptors (Lipinski definition) is 2. The summed E-state index contributed by atoms with van der Waals surface area (Å²) < 4.78 is 18.5. The summed E-state index contributed by atoms with van der Waals surface area (Å²) >= 11 is 0. The summed E-state index contributed by atoms with van der Waals surface area (Å²) in [5.74, 6) is -0.705. The van der Waals surface area contributed by atoms with E-state index in [1.54, 1.807) is 26.8 Å². The number of carbonyl (C=O) groups is 1. The van der Waals surface area contributed by atoms with Gasteiger partial charge in [-0.25, -0.2) is 4.39 Å². The molecule has 0 radical (unpaired) electrons. The third-order valence-corrected chi connectivity index (χ3v) is 2.11. The van der Waals surface area contributed by atoms with E-state index in [2.05, 4.69) is 0 Å². The largest absolute Gasteiger partial charge is 0.494 e. The summed E-state index contributed by atoms with van der Waals surface area (Å²) in [5.41, 5.74) is -0.505.